The molecule has 1 spiro atoms. The molecular weight excluding hydrogens is 424 g/mol. The summed E-state index contributed by atoms with van der Waals surface area (Å²) in [7, 11) is -3.08. The number of phenolic OH excluding ortho intramolecular Hbond substituents is 1. The molecule has 8 heteroatoms. The smallest absolute Gasteiger partial charge is 0.166 e. The summed E-state index contributed by atoms with van der Waals surface area (Å²) in [5.41, 5.74) is 2.58. The number of likely N-dealkylation sites (tertiary alicyclic amines) is 1. The van der Waals surface area contributed by atoms with Crippen LogP contribution in [-0.4, -0.2) is 47.2 Å². The molecule has 2 aromatic rings. The minimum atomic E-state index is -3.08. The molecule has 2 aliphatic heterocycles. The molecule has 0 radical (unpaired) electrons. The van der Waals surface area contributed by atoms with Gasteiger partial charge in [-0.25, -0.2) is 9.29 Å². The lowest BCUT2D eigenvalue weighted by Gasteiger charge is -2.51. The lowest BCUT2D eigenvalue weighted by molar-refractivity contribution is 0.119. The van der Waals surface area contributed by atoms with Gasteiger partial charge in [0, 0.05) is 30.7 Å². The van der Waals surface area contributed by atoms with Crippen molar-refractivity contribution in [2.24, 2.45) is 0 Å². The Balaban J connectivity index is 1.35. The number of benzene rings is 1. The third-order valence-corrected chi connectivity index (χ3v) is 8.90. The number of piperidine rings is 1. The maximum Gasteiger partial charge on any atom is 0.166 e. The number of hydrogen-bond acceptors (Lipinski definition) is 7. The Morgan fingerprint density at radius 3 is 2.72 bits per heavy atom. The van der Waals surface area contributed by atoms with Crippen LogP contribution in [0.2, 0.25) is 0 Å². The fourth-order valence-electron chi connectivity index (χ4n) is 5.38. The summed E-state index contributed by atoms with van der Waals surface area (Å²) < 4.78 is 23.3. The Morgan fingerprint density at radius 2 is 2.03 bits per heavy atom. The van der Waals surface area contributed by atoms with Gasteiger partial charge in [0.1, 0.15) is 5.75 Å². The number of aromatic nitrogens is 2. The SMILES string of the molecule is Cc1cncc(N2[C@]3(C=CS2(O)O)CCN(Cc2ccc(O)c(C4CCC4)c2)[C@@H](C)C3)n1. The zero-order valence-electron chi connectivity index (χ0n) is 18.7. The van der Waals surface area contributed by atoms with E-state index in [1.807, 2.05) is 25.1 Å². The van der Waals surface area contributed by atoms with Crippen LogP contribution < -0.4 is 4.31 Å². The van der Waals surface area contributed by atoms with E-state index in [-0.39, 0.29) is 6.04 Å². The second-order valence-electron chi connectivity index (χ2n) is 9.58. The lowest BCUT2D eigenvalue weighted by atomic mass is 9.79. The second-order valence-corrected chi connectivity index (χ2v) is 11.3. The first-order valence-corrected chi connectivity index (χ1v) is 13.0. The number of aryl methyl sites for hydroxylation is 1. The summed E-state index contributed by atoms with van der Waals surface area (Å²) in [4.78, 5) is 11.2. The molecule has 32 heavy (non-hydrogen) atoms. The van der Waals surface area contributed by atoms with Crippen molar-refractivity contribution in [2.45, 2.75) is 70.0 Å². The average molecular weight is 457 g/mol. The van der Waals surface area contributed by atoms with Crippen molar-refractivity contribution in [1.29, 1.82) is 0 Å². The molecule has 0 amide bonds. The van der Waals surface area contributed by atoms with E-state index in [1.54, 1.807) is 22.1 Å². The average Bonchev–Trinajstić information content (AvgIpc) is 2.95. The fourth-order valence-corrected chi connectivity index (χ4v) is 7.06. The zero-order valence-corrected chi connectivity index (χ0v) is 19.5. The molecule has 1 aliphatic carbocycles. The molecule has 5 rings (SSSR count). The highest BCUT2D eigenvalue weighted by atomic mass is 32.3. The second kappa shape index (κ2) is 8.02. The zero-order chi connectivity index (χ0) is 22.5. The minimum Gasteiger partial charge on any atom is -0.508 e. The summed E-state index contributed by atoms with van der Waals surface area (Å²) in [5, 5.41) is 11.8. The van der Waals surface area contributed by atoms with Crippen molar-refractivity contribution in [1.82, 2.24) is 14.9 Å². The van der Waals surface area contributed by atoms with Gasteiger partial charge in [-0.3, -0.25) is 19.0 Å². The molecule has 3 N–H and O–H groups in total. The van der Waals surface area contributed by atoms with Gasteiger partial charge in [0.2, 0.25) is 0 Å². The van der Waals surface area contributed by atoms with Crippen molar-refractivity contribution in [3.63, 3.8) is 0 Å². The maximum atomic E-state index is 10.8. The van der Waals surface area contributed by atoms with Crippen LogP contribution in [0.25, 0.3) is 0 Å². The molecule has 3 aliphatic rings. The van der Waals surface area contributed by atoms with E-state index < -0.39 is 16.3 Å². The number of phenols is 1. The van der Waals surface area contributed by atoms with Gasteiger partial charge in [-0.15, -0.1) is 0 Å². The van der Waals surface area contributed by atoms with Crippen LogP contribution in [0.15, 0.2) is 42.1 Å². The Hall–Kier alpha value is -2.13. The molecule has 3 heterocycles. The van der Waals surface area contributed by atoms with Crippen LogP contribution in [0.4, 0.5) is 5.82 Å². The van der Waals surface area contributed by atoms with Gasteiger partial charge in [0.25, 0.3) is 0 Å². The van der Waals surface area contributed by atoms with Gasteiger partial charge in [-0.05, 0) is 68.7 Å². The first-order chi connectivity index (χ1) is 15.3. The molecule has 0 unspecified atom stereocenters. The van der Waals surface area contributed by atoms with E-state index in [0.29, 0.717) is 17.5 Å². The number of aromatic hydroxyl groups is 1. The molecule has 1 aromatic carbocycles. The summed E-state index contributed by atoms with van der Waals surface area (Å²) >= 11 is 0. The van der Waals surface area contributed by atoms with Gasteiger partial charge in [-0.1, -0.05) is 29.3 Å². The topological polar surface area (TPSA) is 93.0 Å². The largest absolute Gasteiger partial charge is 0.508 e. The summed E-state index contributed by atoms with van der Waals surface area (Å²) in [6.45, 7) is 5.71. The van der Waals surface area contributed by atoms with Gasteiger partial charge in [0.05, 0.1) is 17.4 Å². The molecular formula is C24H32N4O3S. The Kier molecular flexibility index (Phi) is 5.44. The third kappa shape index (κ3) is 3.79. The van der Waals surface area contributed by atoms with E-state index in [0.717, 1.165) is 50.0 Å². The highest BCUT2D eigenvalue weighted by molar-refractivity contribution is 8.28. The highest BCUT2D eigenvalue weighted by Gasteiger charge is 2.50. The Labute approximate surface area is 191 Å². The van der Waals surface area contributed by atoms with Crippen LogP contribution in [-0.2, 0) is 6.54 Å². The first kappa shape index (κ1) is 21.7. The van der Waals surface area contributed by atoms with Gasteiger partial charge in [0.15, 0.2) is 5.82 Å². The van der Waals surface area contributed by atoms with Gasteiger partial charge >= 0.3 is 0 Å². The molecule has 7 nitrogen and oxygen atoms in total. The van der Waals surface area contributed by atoms with E-state index in [4.69, 9.17) is 0 Å². The van der Waals surface area contributed by atoms with Crippen molar-refractivity contribution in [3.8, 4) is 5.75 Å². The normalized spacial score (nSPS) is 28.8. The molecule has 1 saturated heterocycles. The summed E-state index contributed by atoms with van der Waals surface area (Å²) in [5.74, 6) is 1.43. The van der Waals surface area contributed by atoms with Crippen LogP contribution in [0.5, 0.6) is 5.75 Å². The molecule has 1 saturated carbocycles. The number of anilines is 1. The maximum absolute atomic E-state index is 10.8. The monoisotopic (exact) mass is 456 g/mol. The van der Waals surface area contributed by atoms with E-state index in [9.17, 15) is 14.2 Å². The number of hydrogen-bond donors (Lipinski definition) is 3. The van der Waals surface area contributed by atoms with Crippen molar-refractivity contribution in [3.05, 3.63) is 58.9 Å². The predicted molar refractivity (Wildman–Crippen MR) is 128 cm³/mol. The fraction of sp³-hybridized carbons (Fsp3) is 0.500. The van der Waals surface area contributed by atoms with Crippen LogP contribution in [0.1, 0.15) is 61.8 Å². The van der Waals surface area contributed by atoms with Crippen LogP contribution in [0.3, 0.4) is 0 Å². The molecule has 2 fully saturated rings. The standard InChI is InChI=1S/C24H32N4O3S/c1-17-14-25-15-23(26-17)28-24(9-11-32(28,30)31)8-10-27(18(2)13-24)16-19-6-7-22(29)21(12-19)20-4-3-5-20/h6-7,9,11-12,14-15,18,20,29-31H,3-5,8,10,13,16H2,1-2H3/t18-,24-/m0/s1. The van der Waals surface area contributed by atoms with Crippen molar-refractivity contribution >= 4 is 16.6 Å². The van der Waals surface area contributed by atoms with E-state index in [2.05, 4.69) is 27.9 Å². The number of nitrogens with zero attached hydrogens (tertiary/aromatic N) is 4. The molecule has 2 atom stereocenters. The Morgan fingerprint density at radius 1 is 1.22 bits per heavy atom. The highest BCUT2D eigenvalue weighted by Crippen LogP contribution is 2.59. The van der Waals surface area contributed by atoms with Gasteiger partial charge < -0.3 is 5.11 Å². The first-order valence-electron chi connectivity index (χ1n) is 11.4. The van der Waals surface area contributed by atoms with Crippen molar-refractivity contribution < 1.29 is 14.2 Å². The third-order valence-electron chi connectivity index (χ3n) is 7.31. The molecule has 172 valence electrons. The summed E-state index contributed by atoms with van der Waals surface area (Å²) in [6, 6.07) is 6.28. The van der Waals surface area contributed by atoms with E-state index in [1.165, 1.54) is 12.0 Å². The van der Waals surface area contributed by atoms with Crippen molar-refractivity contribution in [2.75, 3.05) is 10.8 Å². The minimum absolute atomic E-state index is 0.239. The Bertz CT molecular complexity index is 1040. The molecule has 0 bridgehead atoms. The molecule has 1 aromatic heterocycles. The predicted octanol–water partition coefficient (Wildman–Crippen LogP) is 5.18. The van der Waals surface area contributed by atoms with Gasteiger partial charge in [-0.2, -0.15) is 0 Å². The summed E-state index contributed by atoms with van der Waals surface area (Å²) in [6.07, 6.45) is 10.4. The van der Waals surface area contributed by atoms with Crippen LogP contribution in [0, 0.1) is 6.92 Å². The number of rotatable bonds is 4. The van der Waals surface area contributed by atoms with Crippen LogP contribution >= 0.6 is 10.8 Å². The quantitative estimate of drug-likeness (QED) is 0.584. The van der Waals surface area contributed by atoms with E-state index >= 15 is 0 Å². The lowest BCUT2D eigenvalue weighted by Crippen LogP contribution is -2.55.